The first-order valence-corrected chi connectivity index (χ1v) is 7.51. The molecule has 6 heteroatoms. The molecule has 0 saturated heterocycles. The zero-order valence-corrected chi connectivity index (χ0v) is 13.1. The van der Waals surface area contributed by atoms with E-state index in [1.54, 1.807) is 11.0 Å². The molecule has 0 aromatic heterocycles. The van der Waals surface area contributed by atoms with Crippen LogP contribution in [-0.4, -0.2) is 24.2 Å². The first-order valence-electron chi connectivity index (χ1n) is 6.75. The van der Waals surface area contributed by atoms with E-state index in [2.05, 4.69) is 0 Å². The first kappa shape index (κ1) is 15.0. The summed E-state index contributed by atoms with van der Waals surface area (Å²) in [5, 5.41) is 10.5. The van der Waals surface area contributed by atoms with Crippen LogP contribution in [0.15, 0.2) is 36.4 Å². The molecule has 0 bridgehead atoms. The lowest BCUT2D eigenvalue weighted by molar-refractivity contribution is -0.118. The zero-order valence-electron chi connectivity index (χ0n) is 11.6. The molecular formula is C16H13Cl2NO3. The molecule has 0 radical (unpaired) electrons. The van der Waals surface area contributed by atoms with E-state index >= 15 is 0 Å². The van der Waals surface area contributed by atoms with Crippen LogP contribution in [0.2, 0.25) is 10.0 Å². The molecule has 22 heavy (non-hydrogen) atoms. The Bertz CT molecular complexity index is 733. The standard InChI is InChI=1S/C16H13Cl2NO3/c17-11-7-10(16(21)12(18)9-11)8-15(20)19-5-6-22-14-4-2-1-3-13(14)19/h1-4,7,9,21H,5-6,8H2. The number of rotatable bonds is 2. The Morgan fingerprint density at radius 3 is 2.86 bits per heavy atom. The predicted molar refractivity (Wildman–Crippen MR) is 86.1 cm³/mol. The average molecular weight is 338 g/mol. The Morgan fingerprint density at radius 1 is 1.27 bits per heavy atom. The quantitative estimate of drug-likeness (QED) is 0.909. The minimum atomic E-state index is -0.149. The Balaban J connectivity index is 1.88. The van der Waals surface area contributed by atoms with Crippen molar-refractivity contribution in [2.75, 3.05) is 18.1 Å². The van der Waals surface area contributed by atoms with Crippen molar-refractivity contribution in [3.05, 3.63) is 52.0 Å². The van der Waals surface area contributed by atoms with Gasteiger partial charge in [0, 0.05) is 10.6 Å². The number of amides is 1. The second kappa shape index (κ2) is 6.07. The van der Waals surface area contributed by atoms with Crippen molar-refractivity contribution in [2.24, 2.45) is 0 Å². The maximum absolute atomic E-state index is 12.6. The van der Waals surface area contributed by atoms with E-state index in [4.69, 9.17) is 27.9 Å². The fourth-order valence-corrected chi connectivity index (χ4v) is 2.98. The molecule has 1 aliphatic heterocycles. The van der Waals surface area contributed by atoms with E-state index in [0.29, 0.717) is 29.5 Å². The number of carbonyl (C=O) groups is 1. The number of benzene rings is 2. The van der Waals surface area contributed by atoms with Gasteiger partial charge < -0.3 is 14.7 Å². The van der Waals surface area contributed by atoms with Crippen LogP contribution in [-0.2, 0) is 11.2 Å². The van der Waals surface area contributed by atoms with Crippen LogP contribution in [0.25, 0.3) is 0 Å². The molecule has 1 aliphatic rings. The van der Waals surface area contributed by atoms with Crippen LogP contribution >= 0.6 is 23.2 Å². The summed E-state index contributed by atoms with van der Waals surface area (Å²) in [4.78, 5) is 14.2. The Kier molecular flexibility index (Phi) is 4.14. The number of ether oxygens (including phenoxy) is 1. The number of aromatic hydroxyl groups is 1. The third-order valence-electron chi connectivity index (χ3n) is 3.48. The highest BCUT2D eigenvalue weighted by molar-refractivity contribution is 6.35. The minimum absolute atomic E-state index is 0.0143. The number of hydrogen-bond donors (Lipinski definition) is 1. The van der Waals surface area contributed by atoms with Crippen molar-refractivity contribution in [1.82, 2.24) is 0 Å². The molecule has 0 fully saturated rings. The Hall–Kier alpha value is -1.91. The topological polar surface area (TPSA) is 49.8 Å². The second-order valence-corrected chi connectivity index (χ2v) is 5.78. The number of para-hydroxylation sites is 2. The summed E-state index contributed by atoms with van der Waals surface area (Å²) < 4.78 is 5.53. The third-order valence-corrected chi connectivity index (χ3v) is 3.98. The molecule has 1 heterocycles. The van der Waals surface area contributed by atoms with E-state index in [1.807, 2.05) is 24.3 Å². The van der Waals surface area contributed by atoms with Gasteiger partial charge in [0.2, 0.25) is 5.91 Å². The van der Waals surface area contributed by atoms with Crippen molar-refractivity contribution in [3.8, 4) is 11.5 Å². The van der Waals surface area contributed by atoms with Crippen LogP contribution in [0.3, 0.4) is 0 Å². The van der Waals surface area contributed by atoms with E-state index in [-0.39, 0.29) is 23.1 Å². The number of fused-ring (bicyclic) bond motifs is 1. The lowest BCUT2D eigenvalue weighted by Crippen LogP contribution is -2.38. The lowest BCUT2D eigenvalue weighted by Gasteiger charge is -2.29. The highest BCUT2D eigenvalue weighted by Crippen LogP contribution is 2.34. The van der Waals surface area contributed by atoms with Crippen LogP contribution in [0.5, 0.6) is 11.5 Å². The fourth-order valence-electron chi connectivity index (χ4n) is 2.44. The molecule has 3 rings (SSSR count). The monoisotopic (exact) mass is 337 g/mol. The van der Waals surface area contributed by atoms with Crippen molar-refractivity contribution in [2.45, 2.75) is 6.42 Å². The smallest absolute Gasteiger partial charge is 0.231 e. The Labute approximate surface area is 137 Å². The van der Waals surface area contributed by atoms with Gasteiger partial charge in [-0.1, -0.05) is 35.3 Å². The summed E-state index contributed by atoms with van der Waals surface area (Å²) in [7, 11) is 0. The van der Waals surface area contributed by atoms with Crippen molar-refractivity contribution in [3.63, 3.8) is 0 Å². The normalized spacial score (nSPS) is 13.5. The number of carbonyl (C=O) groups excluding carboxylic acids is 1. The number of phenolic OH excluding ortho intramolecular Hbond substituents is 1. The molecule has 1 amide bonds. The van der Waals surface area contributed by atoms with Crippen LogP contribution < -0.4 is 9.64 Å². The van der Waals surface area contributed by atoms with Crippen molar-refractivity contribution < 1.29 is 14.6 Å². The highest BCUT2D eigenvalue weighted by atomic mass is 35.5. The molecule has 0 atom stereocenters. The molecule has 2 aromatic carbocycles. The molecule has 114 valence electrons. The summed E-state index contributed by atoms with van der Waals surface area (Å²) in [6.07, 6.45) is 0.0143. The summed E-state index contributed by atoms with van der Waals surface area (Å²) in [5.41, 5.74) is 1.14. The number of halogens is 2. The molecule has 4 nitrogen and oxygen atoms in total. The number of phenols is 1. The van der Waals surface area contributed by atoms with Crippen LogP contribution in [0.1, 0.15) is 5.56 Å². The van der Waals surface area contributed by atoms with Crippen LogP contribution in [0, 0.1) is 0 Å². The highest BCUT2D eigenvalue weighted by Gasteiger charge is 2.24. The molecule has 1 N–H and O–H groups in total. The lowest BCUT2D eigenvalue weighted by atomic mass is 10.1. The summed E-state index contributed by atoms with van der Waals surface area (Å²) in [6.45, 7) is 0.899. The van der Waals surface area contributed by atoms with Crippen molar-refractivity contribution in [1.29, 1.82) is 0 Å². The molecule has 2 aromatic rings. The largest absolute Gasteiger partial charge is 0.506 e. The third kappa shape index (κ3) is 2.85. The summed E-state index contributed by atoms with van der Waals surface area (Å²) in [6, 6.07) is 10.3. The number of hydrogen-bond acceptors (Lipinski definition) is 3. The van der Waals surface area contributed by atoms with Gasteiger partial charge in [-0.2, -0.15) is 0 Å². The van der Waals surface area contributed by atoms with Gasteiger partial charge in [0.05, 0.1) is 23.7 Å². The molecule has 0 aliphatic carbocycles. The zero-order chi connectivity index (χ0) is 15.7. The molecular weight excluding hydrogens is 325 g/mol. The summed E-state index contributed by atoms with van der Waals surface area (Å²) in [5.74, 6) is 0.417. The molecule has 0 unspecified atom stereocenters. The number of nitrogens with zero attached hydrogens (tertiary/aromatic N) is 1. The van der Waals surface area contributed by atoms with Gasteiger partial charge in [-0.05, 0) is 24.3 Å². The van der Waals surface area contributed by atoms with Crippen LogP contribution in [0.4, 0.5) is 5.69 Å². The first-order chi connectivity index (χ1) is 10.6. The van der Waals surface area contributed by atoms with E-state index < -0.39 is 0 Å². The maximum atomic E-state index is 12.6. The second-order valence-electron chi connectivity index (χ2n) is 4.93. The predicted octanol–water partition coefficient (Wildman–Crippen LogP) is 3.67. The van der Waals surface area contributed by atoms with E-state index in [0.717, 1.165) is 5.69 Å². The van der Waals surface area contributed by atoms with Gasteiger partial charge in [-0.3, -0.25) is 4.79 Å². The van der Waals surface area contributed by atoms with E-state index in [1.165, 1.54) is 6.07 Å². The van der Waals surface area contributed by atoms with Gasteiger partial charge >= 0.3 is 0 Å². The van der Waals surface area contributed by atoms with Crippen molar-refractivity contribution >= 4 is 34.8 Å². The minimum Gasteiger partial charge on any atom is -0.506 e. The number of anilines is 1. The molecule has 0 spiro atoms. The van der Waals surface area contributed by atoms with Gasteiger partial charge in [0.25, 0.3) is 0 Å². The maximum Gasteiger partial charge on any atom is 0.231 e. The Morgan fingerprint density at radius 2 is 2.05 bits per heavy atom. The van der Waals surface area contributed by atoms with Gasteiger partial charge in [-0.15, -0.1) is 0 Å². The van der Waals surface area contributed by atoms with Gasteiger partial charge in [0.15, 0.2) is 0 Å². The van der Waals surface area contributed by atoms with Gasteiger partial charge in [0.1, 0.15) is 18.1 Å². The van der Waals surface area contributed by atoms with Gasteiger partial charge in [-0.25, -0.2) is 0 Å². The van der Waals surface area contributed by atoms with E-state index in [9.17, 15) is 9.90 Å². The average Bonchev–Trinajstić information content (AvgIpc) is 2.51. The fraction of sp³-hybridized carbons (Fsp3) is 0.188. The SMILES string of the molecule is O=C(Cc1cc(Cl)cc(Cl)c1O)N1CCOc2ccccc21. The summed E-state index contributed by atoms with van der Waals surface area (Å²) >= 11 is 11.8. The molecule has 0 saturated carbocycles.